The minimum absolute atomic E-state index is 0.00427. The van der Waals surface area contributed by atoms with Crippen LogP contribution in [0, 0.1) is 5.92 Å². The Bertz CT molecular complexity index is 945. The predicted octanol–water partition coefficient (Wildman–Crippen LogP) is 3.89. The maximum absolute atomic E-state index is 13.4. The van der Waals surface area contributed by atoms with Gasteiger partial charge in [0.2, 0.25) is 5.91 Å². The van der Waals surface area contributed by atoms with E-state index in [4.69, 9.17) is 5.10 Å². The monoisotopic (exact) mass is 472 g/mol. The fourth-order valence-corrected chi connectivity index (χ4v) is 4.88. The molecular formula is C23H29BrN4O2. The standard InChI is InChI=1S/C23H29BrN4O2/c1-15(2)25-22(29)16-10-12-27(13-11-16)23(30)21-19-8-3-4-9-20(19)28(26-21)18-7-5-6-17(24)14-18/h5-7,14-16H,3-4,8-13H2,1-2H3,(H,25,29). The van der Waals surface area contributed by atoms with Crippen molar-refractivity contribution in [3.05, 3.63) is 45.7 Å². The highest BCUT2D eigenvalue weighted by molar-refractivity contribution is 9.10. The van der Waals surface area contributed by atoms with Gasteiger partial charge in [-0.2, -0.15) is 5.10 Å². The van der Waals surface area contributed by atoms with Gasteiger partial charge in [-0.05, 0) is 70.6 Å². The first kappa shape index (κ1) is 21.1. The lowest BCUT2D eigenvalue weighted by atomic mass is 9.93. The number of fused-ring (bicyclic) bond motifs is 1. The first-order valence-electron chi connectivity index (χ1n) is 10.9. The third kappa shape index (κ3) is 4.31. The van der Waals surface area contributed by atoms with E-state index in [1.54, 1.807) is 0 Å². The quantitative estimate of drug-likeness (QED) is 0.733. The third-order valence-corrected chi connectivity index (χ3v) is 6.51. The van der Waals surface area contributed by atoms with E-state index in [0.29, 0.717) is 31.6 Å². The van der Waals surface area contributed by atoms with Gasteiger partial charge < -0.3 is 10.2 Å². The molecule has 1 N–H and O–H groups in total. The Balaban J connectivity index is 1.54. The average molecular weight is 473 g/mol. The van der Waals surface area contributed by atoms with E-state index in [9.17, 15) is 9.59 Å². The number of hydrogen-bond acceptors (Lipinski definition) is 3. The van der Waals surface area contributed by atoms with Crippen LogP contribution in [0.15, 0.2) is 28.7 Å². The number of nitrogens with one attached hydrogen (secondary N) is 1. The van der Waals surface area contributed by atoms with Gasteiger partial charge in [-0.3, -0.25) is 9.59 Å². The molecule has 6 nitrogen and oxygen atoms in total. The molecule has 1 aliphatic carbocycles. The number of hydrogen-bond donors (Lipinski definition) is 1. The Morgan fingerprint density at radius 1 is 1.17 bits per heavy atom. The molecule has 1 aromatic carbocycles. The van der Waals surface area contributed by atoms with E-state index in [0.717, 1.165) is 47.1 Å². The van der Waals surface area contributed by atoms with E-state index >= 15 is 0 Å². The van der Waals surface area contributed by atoms with Crippen molar-refractivity contribution in [2.24, 2.45) is 5.92 Å². The highest BCUT2D eigenvalue weighted by Crippen LogP contribution is 2.29. The first-order chi connectivity index (χ1) is 14.4. The van der Waals surface area contributed by atoms with Gasteiger partial charge >= 0.3 is 0 Å². The second kappa shape index (κ2) is 8.92. The van der Waals surface area contributed by atoms with Crippen LogP contribution in [0.3, 0.4) is 0 Å². The molecule has 0 atom stereocenters. The van der Waals surface area contributed by atoms with E-state index in [1.807, 2.05) is 47.7 Å². The van der Waals surface area contributed by atoms with Crippen LogP contribution >= 0.6 is 15.9 Å². The number of nitrogens with zero attached hydrogens (tertiary/aromatic N) is 3. The molecule has 2 aromatic rings. The lowest BCUT2D eigenvalue weighted by Crippen LogP contribution is -2.44. The smallest absolute Gasteiger partial charge is 0.274 e. The molecule has 160 valence electrons. The largest absolute Gasteiger partial charge is 0.354 e. The summed E-state index contributed by atoms with van der Waals surface area (Å²) in [6, 6.07) is 8.19. The molecule has 2 amide bonds. The van der Waals surface area contributed by atoms with Crippen molar-refractivity contribution >= 4 is 27.7 Å². The maximum Gasteiger partial charge on any atom is 0.274 e. The Morgan fingerprint density at radius 3 is 2.60 bits per heavy atom. The van der Waals surface area contributed by atoms with Crippen molar-refractivity contribution in [3.63, 3.8) is 0 Å². The molecular weight excluding hydrogens is 444 g/mol. The zero-order valence-corrected chi connectivity index (χ0v) is 19.2. The third-order valence-electron chi connectivity index (χ3n) is 6.02. The molecule has 1 fully saturated rings. The number of likely N-dealkylation sites (tertiary alicyclic amines) is 1. The van der Waals surface area contributed by atoms with Crippen molar-refractivity contribution < 1.29 is 9.59 Å². The van der Waals surface area contributed by atoms with Crippen molar-refractivity contribution in [1.29, 1.82) is 0 Å². The normalized spacial score (nSPS) is 17.1. The van der Waals surface area contributed by atoms with Crippen LogP contribution in [0.25, 0.3) is 5.69 Å². The van der Waals surface area contributed by atoms with E-state index in [1.165, 1.54) is 0 Å². The van der Waals surface area contributed by atoms with Crippen molar-refractivity contribution in [3.8, 4) is 5.69 Å². The Morgan fingerprint density at radius 2 is 1.90 bits per heavy atom. The lowest BCUT2D eigenvalue weighted by molar-refractivity contribution is -0.126. The van der Waals surface area contributed by atoms with Crippen molar-refractivity contribution in [1.82, 2.24) is 20.0 Å². The van der Waals surface area contributed by atoms with Gasteiger partial charge in [0.15, 0.2) is 5.69 Å². The molecule has 0 unspecified atom stereocenters. The van der Waals surface area contributed by atoms with Gasteiger partial charge in [0.1, 0.15) is 0 Å². The second-order valence-electron chi connectivity index (χ2n) is 8.60. The molecule has 2 heterocycles. The first-order valence-corrected chi connectivity index (χ1v) is 11.7. The number of aromatic nitrogens is 2. The van der Waals surface area contributed by atoms with Crippen LogP contribution in [0.4, 0.5) is 0 Å². The van der Waals surface area contributed by atoms with Crippen LogP contribution < -0.4 is 5.32 Å². The molecule has 0 bridgehead atoms. The van der Waals surface area contributed by atoms with Crippen LogP contribution in [-0.4, -0.2) is 45.6 Å². The molecule has 0 spiro atoms. The molecule has 1 saturated heterocycles. The molecule has 0 saturated carbocycles. The number of halogens is 1. The fraction of sp³-hybridized carbons (Fsp3) is 0.522. The number of carbonyl (C=O) groups excluding carboxylic acids is 2. The number of rotatable bonds is 4. The number of benzene rings is 1. The predicted molar refractivity (Wildman–Crippen MR) is 120 cm³/mol. The summed E-state index contributed by atoms with van der Waals surface area (Å²) in [4.78, 5) is 27.6. The highest BCUT2D eigenvalue weighted by Gasteiger charge is 2.32. The molecule has 1 aliphatic heterocycles. The van der Waals surface area contributed by atoms with Gasteiger partial charge in [-0.1, -0.05) is 22.0 Å². The highest BCUT2D eigenvalue weighted by atomic mass is 79.9. The van der Waals surface area contributed by atoms with Gasteiger partial charge in [-0.25, -0.2) is 4.68 Å². The van der Waals surface area contributed by atoms with Gasteiger partial charge in [0.05, 0.1) is 5.69 Å². The number of carbonyl (C=O) groups is 2. The van der Waals surface area contributed by atoms with Crippen molar-refractivity contribution in [2.45, 2.75) is 58.4 Å². The van der Waals surface area contributed by atoms with E-state index < -0.39 is 0 Å². The summed E-state index contributed by atoms with van der Waals surface area (Å²) in [7, 11) is 0. The SMILES string of the molecule is CC(C)NC(=O)C1CCN(C(=O)c2nn(-c3cccc(Br)c3)c3c2CCCC3)CC1. The van der Waals surface area contributed by atoms with E-state index in [2.05, 4.69) is 21.2 Å². The summed E-state index contributed by atoms with van der Waals surface area (Å²) in [6.45, 7) is 5.16. The fourth-order valence-electron chi connectivity index (χ4n) is 4.49. The van der Waals surface area contributed by atoms with E-state index in [-0.39, 0.29) is 23.8 Å². The summed E-state index contributed by atoms with van der Waals surface area (Å²) < 4.78 is 2.95. The summed E-state index contributed by atoms with van der Waals surface area (Å²) in [5.41, 5.74) is 3.83. The topological polar surface area (TPSA) is 67.2 Å². The minimum atomic E-state index is -0.00964. The summed E-state index contributed by atoms with van der Waals surface area (Å²) in [5.74, 6) is 0.0996. The molecule has 1 aromatic heterocycles. The number of piperidine rings is 1. The second-order valence-corrected chi connectivity index (χ2v) is 9.52. The molecule has 30 heavy (non-hydrogen) atoms. The average Bonchev–Trinajstić information content (AvgIpc) is 3.12. The number of amides is 2. The van der Waals surface area contributed by atoms with Crippen LogP contribution in [0.5, 0.6) is 0 Å². The summed E-state index contributed by atoms with van der Waals surface area (Å²) in [5, 5.41) is 7.79. The lowest BCUT2D eigenvalue weighted by Gasteiger charge is -2.31. The Labute approximate surface area is 186 Å². The van der Waals surface area contributed by atoms with Crippen molar-refractivity contribution in [2.75, 3.05) is 13.1 Å². The minimum Gasteiger partial charge on any atom is -0.354 e. The molecule has 4 rings (SSSR count). The Hall–Kier alpha value is -2.15. The summed E-state index contributed by atoms with van der Waals surface area (Å²) >= 11 is 3.54. The van der Waals surface area contributed by atoms with Crippen LogP contribution in [0.1, 0.15) is 61.3 Å². The Kier molecular flexibility index (Phi) is 6.27. The van der Waals surface area contributed by atoms with Gasteiger partial charge in [0, 0.05) is 40.8 Å². The van der Waals surface area contributed by atoms with Gasteiger partial charge in [0.25, 0.3) is 5.91 Å². The zero-order chi connectivity index (χ0) is 21.3. The molecule has 0 radical (unpaired) electrons. The molecule has 2 aliphatic rings. The van der Waals surface area contributed by atoms with Gasteiger partial charge in [-0.15, -0.1) is 0 Å². The summed E-state index contributed by atoms with van der Waals surface area (Å²) in [6.07, 6.45) is 5.47. The van der Waals surface area contributed by atoms with Crippen LogP contribution in [0.2, 0.25) is 0 Å². The molecule has 7 heteroatoms. The van der Waals surface area contributed by atoms with Crippen LogP contribution in [-0.2, 0) is 17.6 Å². The zero-order valence-electron chi connectivity index (χ0n) is 17.7. The maximum atomic E-state index is 13.4.